The van der Waals surface area contributed by atoms with Crippen LogP contribution >= 0.6 is 11.8 Å². The van der Waals surface area contributed by atoms with Gasteiger partial charge in [0, 0.05) is 49.1 Å². The minimum atomic E-state index is 0.332. The Morgan fingerprint density at radius 2 is 2.53 bits per heavy atom. The Labute approximate surface area is 108 Å². The molecule has 94 valence electrons. The molecule has 1 aliphatic rings. The van der Waals surface area contributed by atoms with E-state index in [4.69, 9.17) is 5.73 Å². The third kappa shape index (κ3) is 3.21. The highest BCUT2D eigenvalue weighted by Crippen LogP contribution is 2.27. The van der Waals surface area contributed by atoms with Gasteiger partial charge in [-0.3, -0.25) is 9.88 Å². The van der Waals surface area contributed by atoms with Crippen molar-refractivity contribution >= 4 is 11.8 Å². The van der Waals surface area contributed by atoms with Gasteiger partial charge in [-0.25, -0.2) is 0 Å². The third-order valence-corrected chi connectivity index (χ3v) is 4.73. The molecule has 2 heterocycles. The van der Waals surface area contributed by atoms with Crippen molar-refractivity contribution in [2.75, 3.05) is 25.4 Å². The fourth-order valence-corrected chi connectivity index (χ4v) is 3.55. The molecule has 2 N–H and O–H groups in total. The maximum absolute atomic E-state index is 5.95. The maximum Gasteiger partial charge on any atom is 0.0486 e. The van der Waals surface area contributed by atoms with Crippen LogP contribution in [0.4, 0.5) is 0 Å². The quantitative estimate of drug-likeness (QED) is 0.887. The van der Waals surface area contributed by atoms with Gasteiger partial charge in [0.15, 0.2) is 0 Å². The molecule has 17 heavy (non-hydrogen) atoms. The average Bonchev–Trinajstić information content (AvgIpc) is 2.41. The lowest BCUT2D eigenvalue weighted by Crippen LogP contribution is -2.42. The molecule has 0 aliphatic carbocycles. The Balaban J connectivity index is 2.08. The van der Waals surface area contributed by atoms with Crippen LogP contribution in [0.5, 0.6) is 0 Å². The molecule has 0 saturated carbocycles. The van der Waals surface area contributed by atoms with Crippen molar-refractivity contribution in [3.8, 4) is 0 Å². The van der Waals surface area contributed by atoms with Crippen LogP contribution in [0.15, 0.2) is 24.5 Å². The summed E-state index contributed by atoms with van der Waals surface area (Å²) in [6.07, 6.45) is 5.00. The Kier molecular flexibility index (Phi) is 4.83. The maximum atomic E-state index is 5.95. The molecule has 1 aromatic rings. The highest BCUT2D eigenvalue weighted by molar-refractivity contribution is 8.00. The normalized spacial score (nSPS) is 23.5. The zero-order chi connectivity index (χ0) is 12.1. The van der Waals surface area contributed by atoms with E-state index in [0.29, 0.717) is 12.6 Å². The summed E-state index contributed by atoms with van der Waals surface area (Å²) in [6.45, 7) is 5.23. The Hall–Kier alpha value is -0.580. The Bertz CT molecular complexity index is 331. The molecule has 0 bridgehead atoms. The number of nitrogens with two attached hydrogens (primary N) is 1. The predicted molar refractivity (Wildman–Crippen MR) is 74.1 cm³/mol. The first kappa shape index (κ1) is 12.9. The second-order valence-corrected chi connectivity index (χ2v) is 5.84. The lowest BCUT2D eigenvalue weighted by Gasteiger charge is -2.37. The fraction of sp³-hybridized carbons (Fsp3) is 0.615. The summed E-state index contributed by atoms with van der Waals surface area (Å²) in [5, 5.41) is 0.759. The third-order valence-electron chi connectivity index (χ3n) is 3.36. The monoisotopic (exact) mass is 251 g/mol. The topological polar surface area (TPSA) is 42.1 Å². The van der Waals surface area contributed by atoms with Gasteiger partial charge in [0.25, 0.3) is 0 Å². The predicted octanol–water partition coefficient (Wildman–Crippen LogP) is 1.91. The molecule has 0 amide bonds. The van der Waals surface area contributed by atoms with Crippen molar-refractivity contribution in [1.29, 1.82) is 0 Å². The van der Waals surface area contributed by atoms with E-state index in [-0.39, 0.29) is 0 Å². The lowest BCUT2D eigenvalue weighted by atomic mass is 10.1. The second kappa shape index (κ2) is 6.38. The van der Waals surface area contributed by atoms with Crippen molar-refractivity contribution in [1.82, 2.24) is 9.88 Å². The molecule has 0 radical (unpaired) electrons. The first-order chi connectivity index (χ1) is 8.35. The van der Waals surface area contributed by atoms with E-state index in [9.17, 15) is 0 Å². The summed E-state index contributed by atoms with van der Waals surface area (Å²) in [5.41, 5.74) is 7.19. The number of aromatic nitrogens is 1. The first-order valence-electron chi connectivity index (χ1n) is 6.30. The molecule has 4 heteroatoms. The van der Waals surface area contributed by atoms with Gasteiger partial charge in [0.05, 0.1) is 0 Å². The first-order valence-corrected chi connectivity index (χ1v) is 7.35. The summed E-state index contributed by atoms with van der Waals surface area (Å²) in [7, 11) is 0. The largest absolute Gasteiger partial charge is 0.329 e. The van der Waals surface area contributed by atoms with Gasteiger partial charge in [-0.1, -0.05) is 13.0 Å². The molecule has 1 saturated heterocycles. The zero-order valence-corrected chi connectivity index (χ0v) is 11.2. The standard InChI is InChI=1S/C13H21N3S/c1-2-12-10-16(6-7-17-12)13(8-14)11-4-3-5-15-9-11/h3-5,9,12-13H,2,6-8,10,14H2,1H3. The summed E-state index contributed by atoms with van der Waals surface area (Å²) in [4.78, 5) is 6.72. The second-order valence-electron chi connectivity index (χ2n) is 4.43. The van der Waals surface area contributed by atoms with Crippen molar-refractivity contribution in [3.05, 3.63) is 30.1 Å². The van der Waals surface area contributed by atoms with E-state index in [1.807, 2.05) is 18.5 Å². The van der Waals surface area contributed by atoms with Gasteiger partial charge in [0.1, 0.15) is 0 Å². The van der Waals surface area contributed by atoms with E-state index in [2.05, 4.69) is 34.6 Å². The molecular weight excluding hydrogens is 230 g/mol. The minimum absolute atomic E-state index is 0.332. The van der Waals surface area contributed by atoms with Crippen LogP contribution < -0.4 is 5.73 Å². The van der Waals surface area contributed by atoms with Gasteiger partial charge >= 0.3 is 0 Å². The lowest BCUT2D eigenvalue weighted by molar-refractivity contribution is 0.207. The molecule has 0 spiro atoms. The summed E-state index contributed by atoms with van der Waals surface area (Å²) >= 11 is 2.09. The van der Waals surface area contributed by atoms with E-state index in [1.165, 1.54) is 17.7 Å². The molecule has 1 aliphatic heterocycles. The molecule has 1 aromatic heterocycles. The smallest absolute Gasteiger partial charge is 0.0486 e. The molecule has 0 aromatic carbocycles. The molecular formula is C13H21N3S. The van der Waals surface area contributed by atoms with Crippen molar-refractivity contribution in [3.63, 3.8) is 0 Å². The molecule has 2 rings (SSSR count). The van der Waals surface area contributed by atoms with Crippen LogP contribution in [-0.2, 0) is 0 Å². The van der Waals surface area contributed by atoms with E-state index < -0.39 is 0 Å². The highest BCUT2D eigenvalue weighted by atomic mass is 32.2. The molecule has 2 unspecified atom stereocenters. The number of nitrogens with zero attached hydrogens (tertiary/aromatic N) is 2. The number of pyridine rings is 1. The van der Waals surface area contributed by atoms with Crippen LogP contribution in [0, 0.1) is 0 Å². The summed E-state index contributed by atoms with van der Waals surface area (Å²) in [5.74, 6) is 1.22. The van der Waals surface area contributed by atoms with E-state index in [1.54, 1.807) is 0 Å². The Morgan fingerprint density at radius 1 is 1.65 bits per heavy atom. The number of thioether (sulfide) groups is 1. The van der Waals surface area contributed by atoms with Crippen LogP contribution in [0.25, 0.3) is 0 Å². The molecule has 1 fully saturated rings. The van der Waals surface area contributed by atoms with Gasteiger partial charge in [-0.2, -0.15) is 11.8 Å². The van der Waals surface area contributed by atoms with Gasteiger partial charge < -0.3 is 5.73 Å². The van der Waals surface area contributed by atoms with E-state index in [0.717, 1.165) is 18.3 Å². The SMILES string of the molecule is CCC1CN(C(CN)c2cccnc2)CCS1. The molecule has 2 atom stereocenters. The number of rotatable bonds is 4. The molecule has 3 nitrogen and oxygen atoms in total. The number of hydrogen-bond acceptors (Lipinski definition) is 4. The van der Waals surface area contributed by atoms with Crippen LogP contribution in [0.2, 0.25) is 0 Å². The average molecular weight is 251 g/mol. The van der Waals surface area contributed by atoms with Gasteiger partial charge in [-0.05, 0) is 18.1 Å². The summed E-state index contributed by atoms with van der Waals surface area (Å²) < 4.78 is 0. The van der Waals surface area contributed by atoms with Gasteiger partial charge in [0.2, 0.25) is 0 Å². The van der Waals surface area contributed by atoms with E-state index >= 15 is 0 Å². The van der Waals surface area contributed by atoms with Crippen LogP contribution in [0.1, 0.15) is 24.9 Å². The Morgan fingerprint density at radius 3 is 3.18 bits per heavy atom. The minimum Gasteiger partial charge on any atom is -0.329 e. The van der Waals surface area contributed by atoms with Crippen molar-refractivity contribution in [2.45, 2.75) is 24.6 Å². The zero-order valence-electron chi connectivity index (χ0n) is 10.4. The summed E-state index contributed by atoms with van der Waals surface area (Å²) in [6, 6.07) is 4.46. The van der Waals surface area contributed by atoms with Gasteiger partial charge in [-0.15, -0.1) is 0 Å². The van der Waals surface area contributed by atoms with Crippen LogP contribution in [0.3, 0.4) is 0 Å². The highest BCUT2D eigenvalue weighted by Gasteiger charge is 2.25. The fourth-order valence-electron chi connectivity index (χ4n) is 2.34. The van der Waals surface area contributed by atoms with Crippen molar-refractivity contribution in [2.24, 2.45) is 5.73 Å². The van der Waals surface area contributed by atoms with Crippen LogP contribution in [-0.4, -0.2) is 40.5 Å². The van der Waals surface area contributed by atoms with Crippen molar-refractivity contribution < 1.29 is 0 Å². The number of hydrogen-bond donors (Lipinski definition) is 1.